The zero-order chi connectivity index (χ0) is 14.1. The van der Waals surface area contributed by atoms with Gasteiger partial charge >= 0.3 is 0 Å². The molecule has 3 nitrogen and oxygen atoms in total. The van der Waals surface area contributed by atoms with Gasteiger partial charge in [0, 0.05) is 19.5 Å². The second-order valence-corrected chi connectivity index (χ2v) is 7.14. The summed E-state index contributed by atoms with van der Waals surface area (Å²) in [5.74, 6) is 6.51. The average Bonchev–Trinajstić information content (AvgIpc) is 2.83. The van der Waals surface area contributed by atoms with Gasteiger partial charge in [0.2, 0.25) is 0 Å². The molecule has 0 saturated heterocycles. The number of thiazole rings is 1. The Morgan fingerprint density at radius 2 is 2.05 bits per heavy atom. The molecule has 2 N–H and O–H groups in total. The van der Waals surface area contributed by atoms with Crippen LogP contribution in [0.3, 0.4) is 0 Å². The van der Waals surface area contributed by atoms with Crippen molar-refractivity contribution in [2.75, 3.05) is 7.05 Å². The first-order valence-corrected chi connectivity index (χ1v) is 8.31. The topological polar surface area (TPSA) is 42.1 Å². The molecule has 0 spiro atoms. The Bertz CT molecular complexity index is 597. The summed E-state index contributed by atoms with van der Waals surface area (Å²) in [6, 6.07) is 4.48. The fourth-order valence-electron chi connectivity index (χ4n) is 3.18. The second-order valence-electron chi connectivity index (χ2n) is 6.07. The largest absolute Gasteiger partial charge is 0.269 e. The Morgan fingerprint density at radius 3 is 2.75 bits per heavy atom. The van der Waals surface area contributed by atoms with Crippen LogP contribution in [0.1, 0.15) is 54.2 Å². The van der Waals surface area contributed by atoms with E-state index in [4.69, 9.17) is 10.8 Å². The van der Waals surface area contributed by atoms with Crippen molar-refractivity contribution in [3.63, 3.8) is 0 Å². The standard InChI is InChI=1S/C16H23N3S/c1-11-8-13(10-19(2)17)15-14(9-11)20-16(18-15)12-6-4-3-5-7-12/h8-9,12H,3-7,10,17H2,1-2H3. The van der Waals surface area contributed by atoms with E-state index in [-0.39, 0.29) is 0 Å². The van der Waals surface area contributed by atoms with Crippen LogP contribution in [0.5, 0.6) is 0 Å². The van der Waals surface area contributed by atoms with E-state index in [1.165, 1.54) is 58.5 Å². The quantitative estimate of drug-likeness (QED) is 0.687. The third-order valence-corrected chi connectivity index (χ3v) is 5.27. The first-order chi connectivity index (χ1) is 9.63. The number of fused-ring (bicyclic) bond motifs is 1. The van der Waals surface area contributed by atoms with Gasteiger partial charge in [-0.2, -0.15) is 0 Å². The van der Waals surface area contributed by atoms with Crippen molar-refractivity contribution >= 4 is 21.6 Å². The number of nitrogens with zero attached hydrogens (tertiary/aromatic N) is 2. The van der Waals surface area contributed by atoms with E-state index in [2.05, 4.69) is 19.1 Å². The van der Waals surface area contributed by atoms with Gasteiger partial charge in [-0.05, 0) is 37.0 Å². The molecule has 0 bridgehead atoms. The minimum atomic E-state index is 0.685. The first-order valence-electron chi connectivity index (χ1n) is 7.49. The van der Waals surface area contributed by atoms with Gasteiger partial charge in [0.05, 0.1) is 15.2 Å². The highest BCUT2D eigenvalue weighted by molar-refractivity contribution is 7.18. The predicted octanol–water partition coefficient (Wildman–Crippen LogP) is 3.96. The maximum Gasteiger partial charge on any atom is 0.0969 e. The lowest BCUT2D eigenvalue weighted by atomic mass is 9.90. The number of nitrogens with two attached hydrogens (primary N) is 1. The Morgan fingerprint density at radius 1 is 1.30 bits per heavy atom. The summed E-state index contributed by atoms with van der Waals surface area (Å²) in [6.07, 6.45) is 6.73. The molecule has 3 rings (SSSR count). The average molecular weight is 289 g/mol. The van der Waals surface area contributed by atoms with E-state index in [1.54, 1.807) is 5.01 Å². The van der Waals surface area contributed by atoms with Crippen LogP contribution in [0.25, 0.3) is 10.2 Å². The van der Waals surface area contributed by atoms with Crippen molar-refractivity contribution in [2.24, 2.45) is 5.84 Å². The fraction of sp³-hybridized carbons (Fsp3) is 0.562. The molecule has 1 fully saturated rings. The number of hydrazine groups is 1. The third-order valence-electron chi connectivity index (χ3n) is 4.11. The third kappa shape index (κ3) is 2.87. The van der Waals surface area contributed by atoms with Crippen LogP contribution in [-0.2, 0) is 6.54 Å². The maximum absolute atomic E-state index is 5.82. The van der Waals surface area contributed by atoms with Crippen LogP contribution in [0, 0.1) is 6.92 Å². The molecule has 0 unspecified atom stereocenters. The SMILES string of the molecule is Cc1cc(CN(C)N)c2nc(C3CCCCC3)sc2c1. The highest BCUT2D eigenvalue weighted by atomic mass is 32.1. The molecule has 1 aliphatic carbocycles. The number of hydrogen-bond donors (Lipinski definition) is 1. The van der Waals surface area contributed by atoms with Crippen molar-refractivity contribution < 1.29 is 0 Å². The number of aromatic nitrogens is 1. The highest BCUT2D eigenvalue weighted by Gasteiger charge is 2.20. The molecule has 2 aromatic rings. The second kappa shape index (κ2) is 5.80. The summed E-state index contributed by atoms with van der Waals surface area (Å²) in [5, 5.41) is 3.07. The van der Waals surface area contributed by atoms with Gasteiger partial charge in [-0.3, -0.25) is 5.84 Å². The fourth-order valence-corrected chi connectivity index (χ4v) is 4.46. The van der Waals surface area contributed by atoms with Gasteiger partial charge in [0.1, 0.15) is 0 Å². The lowest BCUT2D eigenvalue weighted by Crippen LogP contribution is -2.25. The van der Waals surface area contributed by atoms with E-state index in [0.29, 0.717) is 5.92 Å². The number of benzene rings is 1. The molecular weight excluding hydrogens is 266 g/mol. The van der Waals surface area contributed by atoms with E-state index >= 15 is 0 Å². The lowest BCUT2D eigenvalue weighted by molar-refractivity contribution is 0.342. The first kappa shape index (κ1) is 14.0. The molecule has 1 saturated carbocycles. The van der Waals surface area contributed by atoms with E-state index in [1.807, 2.05) is 18.4 Å². The van der Waals surface area contributed by atoms with Crippen LogP contribution in [0.4, 0.5) is 0 Å². The molecule has 1 aromatic heterocycles. The predicted molar refractivity (Wildman–Crippen MR) is 85.8 cm³/mol. The lowest BCUT2D eigenvalue weighted by Gasteiger charge is -2.18. The van der Waals surface area contributed by atoms with Gasteiger partial charge in [0.25, 0.3) is 0 Å². The molecule has 20 heavy (non-hydrogen) atoms. The van der Waals surface area contributed by atoms with E-state index in [0.717, 1.165) is 6.54 Å². The molecule has 1 heterocycles. The van der Waals surface area contributed by atoms with Crippen molar-refractivity contribution in [3.05, 3.63) is 28.3 Å². The Balaban J connectivity index is 2.00. The smallest absolute Gasteiger partial charge is 0.0969 e. The summed E-state index contributed by atoms with van der Waals surface area (Å²) in [7, 11) is 1.91. The van der Waals surface area contributed by atoms with Crippen molar-refractivity contribution in [3.8, 4) is 0 Å². The van der Waals surface area contributed by atoms with Gasteiger partial charge in [-0.25, -0.2) is 9.99 Å². The zero-order valence-electron chi connectivity index (χ0n) is 12.4. The van der Waals surface area contributed by atoms with Crippen LogP contribution < -0.4 is 5.84 Å². The summed E-state index contributed by atoms with van der Waals surface area (Å²) in [5.41, 5.74) is 3.72. The van der Waals surface area contributed by atoms with E-state index in [9.17, 15) is 0 Å². The summed E-state index contributed by atoms with van der Waals surface area (Å²) in [6.45, 7) is 2.91. The zero-order valence-corrected chi connectivity index (χ0v) is 13.2. The van der Waals surface area contributed by atoms with Gasteiger partial charge in [0.15, 0.2) is 0 Å². The molecule has 1 aliphatic rings. The number of hydrogen-bond acceptors (Lipinski definition) is 4. The maximum atomic E-state index is 5.82. The summed E-state index contributed by atoms with van der Waals surface area (Å²) in [4.78, 5) is 4.97. The molecule has 1 aromatic carbocycles. The Kier molecular flexibility index (Phi) is 4.06. The summed E-state index contributed by atoms with van der Waals surface area (Å²) < 4.78 is 1.32. The van der Waals surface area contributed by atoms with Gasteiger partial charge in [-0.15, -0.1) is 11.3 Å². The Labute approximate surface area is 124 Å². The number of rotatable bonds is 3. The summed E-state index contributed by atoms with van der Waals surface area (Å²) >= 11 is 1.89. The molecule has 108 valence electrons. The Hall–Kier alpha value is -0.970. The number of aryl methyl sites for hydroxylation is 1. The van der Waals surface area contributed by atoms with E-state index < -0.39 is 0 Å². The monoisotopic (exact) mass is 289 g/mol. The molecular formula is C16H23N3S. The van der Waals surface area contributed by atoms with Gasteiger partial charge in [-0.1, -0.05) is 25.3 Å². The van der Waals surface area contributed by atoms with Crippen LogP contribution >= 0.6 is 11.3 Å². The molecule has 0 amide bonds. The van der Waals surface area contributed by atoms with Crippen molar-refractivity contribution in [1.29, 1.82) is 0 Å². The molecule has 0 atom stereocenters. The minimum Gasteiger partial charge on any atom is -0.269 e. The molecule has 4 heteroatoms. The van der Waals surface area contributed by atoms with Gasteiger partial charge < -0.3 is 0 Å². The van der Waals surface area contributed by atoms with Crippen molar-refractivity contribution in [2.45, 2.75) is 51.5 Å². The normalized spacial score (nSPS) is 17.2. The van der Waals surface area contributed by atoms with Crippen LogP contribution in [0.2, 0.25) is 0 Å². The van der Waals surface area contributed by atoms with Crippen molar-refractivity contribution in [1.82, 2.24) is 9.99 Å². The van der Waals surface area contributed by atoms with Crippen LogP contribution in [0.15, 0.2) is 12.1 Å². The molecule has 0 aliphatic heterocycles. The minimum absolute atomic E-state index is 0.685. The van der Waals surface area contributed by atoms with Crippen LogP contribution in [-0.4, -0.2) is 17.0 Å². The highest BCUT2D eigenvalue weighted by Crippen LogP contribution is 2.37. The molecule has 0 radical (unpaired) electrons.